The Labute approximate surface area is 163 Å². The molecule has 0 fully saturated rings. The van der Waals surface area contributed by atoms with Gasteiger partial charge in [0.25, 0.3) is 0 Å². The van der Waals surface area contributed by atoms with Gasteiger partial charge in [0.05, 0.1) is 36.9 Å². The summed E-state index contributed by atoms with van der Waals surface area (Å²) in [5.74, 6) is 0.471. The molecule has 0 saturated carbocycles. The van der Waals surface area contributed by atoms with Crippen molar-refractivity contribution in [3.05, 3.63) is 60.3 Å². The van der Waals surface area contributed by atoms with E-state index in [1.165, 1.54) is 30.6 Å². The summed E-state index contributed by atoms with van der Waals surface area (Å²) in [5.41, 5.74) is -0.263. The molecule has 2 aromatic heterocycles. The van der Waals surface area contributed by atoms with Crippen molar-refractivity contribution in [1.82, 2.24) is 15.0 Å². The SMILES string of the molecule is Fc1cnccc1NCN1CCOc2cnc(-c3cccc(C(F)(F)F)c3)nc21. The van der Waals surface area contributed by atoms with Gasteiger partial charge in [0, 0.05) is 11.8 Å². The van der Waals surface area contributed by atoms with Crippen molar-refractivity contribution in [2.45, 2.75) is 6.18 Å². The second-order valence-corrected chi connectivity index (χ2v) is 6.26. The number of rotatable bonds is 4. The summed E-state index contributed by atoms with van der Waals surface area (Å²) in [6, 6.07) is 6.31. The summed E-state index contributed by atoms with van der Waals surface area (Å²) in [6.07, 6.45) is -0.467. The average Bonchev–Trinajstić information content (AvgIpc) is 2.72. The van der Waals surface area contributed by atoms with Gasteiger partial charge in [-0.3, -0.25) is 4.98 Å². The lowest BCUT2D eigenvalue weighted by Gasteiger charge is -2.30. The Hall–Kier alpha value is -3.43. The second-order valence-electron chi connectivity index (χ2n) is 6.26. The van der Waals surface area contributed by atoms with Gasteiger partial charge in [-0.2, -0.15) is 13.2 Å². The Morgan fingerprint density at radius 3 is 2.83 bits per heavy atom. The van der Waals surface area contributed by atoms with Crippen molar-refractivity contribution < 1.29 is 22.3 Å². The third-order valence-electron chi connectivity index (χ3n) is 4.34. The molecule has 1 aromatic carbocycles. The molecule has 1 aliphatic rings. The van der Waals surface area contributed by atoms with Crippen LogP contribution in [0.3, 0.4) is 0 Å². The van der Waals surface area contributed by atoms with E-state index in [0.29, 0.717) is 24.7 Å². The molecule has 0 saturated heterocycles. The highest BCUT2D eigenvalue weighted by Gasteiger charge is 2.31. The molecule has 0 bridgehead atoms. The van der Waals surface area contributed by atoms with E-state index in [-0.39, 0.29) is 23.7 Å². The van der Waals surface area contributed by atoms with E-state index in [1.54, 1.807) is 4.90 Å². The van der Waals surface area contributed by atoms with E-state index >= 15 is 0 Å². The normalized spacial score (nSPS) is 13.6. The standard InChI is InChI=1S/C19H15F4N5O/c20-14-9-24-5-4-15(14)26-11-28-6-7-29-16-10-25-17(27-18(16)28)12-2-1-3-13(8-12)19(21,22)23/h1-5,8-10H,6-7,11H2,(H,24,26). The lowest BCUT2D eigenvalue weighted by Crippen LogP contribution is -2.37. The molecule has 0 unspecified atom stereocenters. The van der Waals surface area contributed by atoms with Crippen LogP contribution in [0.4, 0.5) is 29.1 Å². The molecule has 3 heterocycles. The van der Waals surface area contributed by atoms with Crippen molar-refractivity contribution in [3.8, 4) is 17.1 Å². The smallest absolute Gasteiger partial charge is 0.416 e. The van der Waals surface area contributed by atoms with E-state index in [9.17, 15) is 17.6 Å². The maximum atomic E-state index is 13.8. The molecule has 6 nitrogen and oxygen atoms in total. The van der Waals surface area contributed by atoms with E-state index in [1.807, 2.05) is 0 Å². The fourth-order valence-electron chi connectivity index (χ4n) is 2.89. The number of benzene rings is 1. The minimum atomic E-state index is -4.46. The van der Waals surface area contributed by atoms with Crippen LogP contribution in [0.15, 0.2) is 48.9 Å². The molecule has 0 amide bonds. The third kappa shape index (κ3) is 4.05. The highest BCUT2D eigenvalue weighted by Crippen LogP contribution is 2.34. The zero-order chi connectivity index (χ0) is 20.4. The summed E-state index contributed by atoms with van der Waals surface area (Å²) < 4.78 is 58.3. The Morgan fingerprint density at radius 2 is 2.03 bits per heavy atom. The third-order valence-corrected chi connectivity index (χ3v) is 4.34. The van der Waals surface area contributed by atoms with Gasteiger partial charge in [-0.05, 0) is 18.2 Å². The van der Waals surface area contributed by atoms with Gasteiger partial charge in [0.2, 0.25) is 0 Å². The first kappa shape index (κ1) is 18.9. The summed E-state index contributed by atoms with van der Waals surface area (Å²) in [5, 5.41) is 2.96. The number of nitrogens with zero attached hydrogens (tertiary/aromatic N) is 4. The van der Waals surface area contributed by atoms with Gasteiger partial charge in [0.1, 0.15) is 6.61 Å². The molecular formula is C19H15F4N5O. The molecule has 0 aliphatic carbocycles. The van der Waals surface area contributed by atoms with Crippen LogP contribution in [0.5, 0.6) is 5.75 Å². The summed E-state index contributed by atoms with van der Waals surface area (Å²) in [4.78, 5) is 14.0. The van der Waals surface area contributed by atoms with Crippen molar-refractivity contribution in [2.75, 3.05) is 30.0 Å². The monoisotopic (exact) mass is 405 g/mol. The molecule has 4 rings (SSSR count). The number of pyridine rings is 1. The van der Waals surface area contributed by atoms with Crippen LogP contribution in [0.1, 0.15) is 5.56 Å². The summed E-state index contributed by atoms with van der Waals surface area (Å²) >= 11 is 0. The van der Waals surface area contributed by atoms with Crippen LogP contribution in [-0.4, -0.2) is 34.8 Å². The number of hydrogen-bond donors (Lipinski definition) is 1. The van der Waals surface area contributed by atoms with Crippen molar-refractivity contribution in [3.63, 3.8) is 0 Å². The quantitative estimate of drug-likeness (QED) is 0.663. The van der Waals surface area contributed by atoms with Crippen molar-refractivity contribution in [1.29, 1.82) is 0 Å². The fraction of sp³-hybridized carbons (Fsp3) is 0.211. The van der Waals surface area contributed by atoms with Gasteiger partial charge < -0.3 is 15.0 Å². The topological polar surface area (TPSA) is 63.2 Å². The number of aromatic nitrogens is 3. The van der Waals surface area contributed by atoms with Crippen LogP contribution in [0, 0.1) is 5.82 Å². The number of alkyl halides is 3. The maximum Gasteiger partial charge on any atom is 0.416 e. The first-order valence-corrected chi connectivity index (χ1v) is 8.67. The van der Waals surface area contributed by atoms with Gasteiger partial charge in [-0.25, -0.2) is 14.4 Å². The predicted octanol–water partition coefficient (Wildman–Crippen LogP) is 3.96. The Kier molecular flexibility index (Phi) is 4.91. The lowest BCUT2D eigenvalue weighted by atomic mass is 10.1. The molecule has 0 radical (unpaired) electrons. The Balaban J connectivity index is 1.61. The molecule has 3 aromatic rings. The number of anilines is 2. The van der Waals surface area contributed by atoms with Crippen LogP contribution in [0.25, 0.3) is 11.4 Å². The fourth-order valence-corrected chi connectivity index (χ4v) is 2.89. The van der Waals surface area contributed by atoms with Crippen LogP contribution in [0.2, 0.25) is 0 Å². The van der Waals surface area contributed by atoms with Crippen LogP contribution in [-0.2, 0) is 6.18 Å². The summed E-state index contributed by atoms with van der Waals surface area (Å²) in [6.45, 7) is 1.06. The molecule has 1 aliphatic heterocycles. The largest absolute Gasteiger partial charge is 0.486 e. The average molecular weight is 405 g/mol. The van der Waals surface area contributed by atoms with E-state index < -0.39 is 17.6 Å². The Morgan fingerprint density at radius 1 is 1.17 bits per heavy atom. The maximum absolute atomic E-state index is 13.8. The molecule has 0 spiro atoms. The van der Waals surface area contributed by atoms with E-state index in [0.717, 1.165) is 18.3 Å². The highest BCUT2D eigenvalue weighted by atomic mass is 19.4. The Bertz CT molecular complexity index is 1030. The first-order valence-electron chi connectivity index (χ1n) is 8.67. The number of halogens is 4. The molecule has 29 heavy (non-hydrogen) atoms. The lowest BCUT2D eigenvalue weighted by molar-refractivity contribution is -0.137. The molecule has 1 N–H and O–H groups in total. The van der Waals surface area contributed by atoms with Gasteiger partial charge >= 0.3 is 6.18 Å². The van der Waals surface area contributed by atoms with Crippen LogP contribution >= 0.6 is 0 Å². The minimum absolute atomic E-state index is 0.139. The zero-order valence-corrected chi connectivity index (χ0v) is 14.9. The predicted molar refractivity (Wildman–Crippen MR) is 98.0 cm³/mol. The molecule has 150 valence electrons. The number of nitrogens with one attached hydrogen (secondary N) is 1. The molecule has 10 heteroatoms. The number of ether oxygens (including phenoxy) is 1. The first-order chi connectivity index (χ1) is 13.9. The van der Waals surface area contributed by atoms with Gasteiger partial charge in [-0.1, -0.05) is 12.1 Å². The second kappa shape index (κ2) is 7.53. The van der Waals surface area contributed by atoms with Crippen molar-refractivity contribution >= 4 is 11.5 Å². The zero-order valence-electron chi connectivity index (χ0n) is 14.9. The van der Waals surface area contributed by atoms with Gasteiger partial charge in [0.15, 0.2) is 23.2 Å². The number of fused-ring (bicyclic) bond motifs is 1. The summed E-state index contributed by atoms with van der Waals surface area (Å²) in [7, 11) is 0. The van der Waals surface area contributed by atoms with E-state index in [4.69, 9.17) is 4.74 Å². The van der Waals surface area contributed by atoms with Gasteiger partial charge in [-0.15, -0.1) is 0 Å². The highest BCUT2D eigenvalue weighted by molar-refractivity contribution is 5.63. The minimum Gasteiger partial charge on any atom is -0.486 e. The molecular weight excluding hydrogens is 390 g/mol. The molecule has 0 atom stereocenters. The number of hydrogen-bond acceptors (Lipinski definition) is 6. The van der Waals surface area contributed by atoms with E-state index in [2.05, 4.69) is 20.3 Å². The van der Waals surface area contributed by atoms with Crippen LogP contribution < -0.4 is 15.0 Å². The van der Waals surface area contributed by atoms with Crippen molar-refractivity contribution in [2.24, 2.45) is 0 Å².